The van der Waals surface area contributed by atoms with Crippen molar-refractivity contribution in [2.24, 2.45) is 10.8 Å². The highest BCUT2D eigenvalue weighted by molar-refractivity contribution is 5.99. The highest BCUT2D eigenvalue weighted by Crippen LogP contribution is 2.52. The lowest BCUT2D eigenvalue weighted by molar-refractivity contribution is 0.468. The van der Waals surface area contributed by atoms with Crippen molar-refractivity contribution in [1.29, 1.82) is 10.5 Å². The van der Waals surface area contributed by atoms with E-state index in [4.69, 9.17) is 13.1 Å². The summed E-state index contributed by atoms with van der Waals surface area (Å²) in [6.07, 6.45) is 4.14. The van der Waals surface area contributed by atoms with Crippen LogP contribution in [0.2, 0.25) is 0 Å². The topological polar surface area (TPSA) is 56.3 Å². The quantitative estimate of drug-likeness (QED) is 0.398. The molecule has 148 valence electrons. The summed E-state index contributed by atoms with van der Waals surface area (Å²) in [5.74, 6) is -0.274. The van der Waals surface area contributed by atoms with Gasteiger partial charge >= 0.3 is 6.04 Å². The molecule has 0 amide bonds. The van der Waals surface area contributed by atoms with Gasteiger partial charge in [-0.1, -0.05) is 53.7 Å². The lowest BCUT2D eigenvalue weighted by atomic mass is 9.76. The van der Waals surface area contributed by atoms with E-state index in [0.717, 1.165) is 33.4 Å². The zero-order chi connectivity index (χ0) is 22.4. The van der Waals surface area contributed by atoms with E-state index < -0.39 is 6.04 Å². The molecule has 0 spiro atoms. The standard InChI is InChI=1S/C26H24N4/c1-25(2,3)19-11-15-9-18-16(10-17(15)23(19)21(13-27)29-7)12-20(26(4,5)6)24(18)22(14-28)30-8/h9-12,21,23H,1-6H3/b24-22-. The lowest BCUT2D eigenvalue weighted by Crippen LogP contribution is -2.21. The van der Waals surface area contributed by atoms with Gasteiger partial charge < -0.3 is 0 Å². The number of benzene rings is 1. The van der Waals surface area contributed by atoms with Crippen molar-refractivity contribution in [3.63, 3.8) is 0 Å². The molecule has 30 heavy (non-hydrogen) atoms. The normalized spacial score (nSPS) is 19.9. The summed E-state index contributed by atoms with van der Waals surface area (Å²) in [5.41, 5.74) is 6.19. The zero-order valence-corrected chi connectivity index (χ0v) is 18.3. The summed E-state index contributed by atoms with van der Waals surface area (Å²) in [5, 5.41) is 19.2. The van der Waals surface area contributed by atoms with Gasteiger partial charge in [0, 0.05) is 5.57 Å². The molecule has 2 unspecified atom stereocenters. The van der Waals surface area contributed by atoms with Crippen molar-refractivity contribution >= 4 is 17.7 Å². The van der Waals surface area contributed by atoms with E-state index in [2.05, 4.69) is 81.6 Å². The molecule has 0 aromatic heterocycles. The van der Waals surface area contributed by atoms with Gasteiger partial charge in [-0.3, -0.25) is 4.85 Å². The third-order valence-electron chi connectivity index (χ3n) is 5.79. The van der Waals surface area contributed by atoms with Crippen molar-refractivity contribution in [2.45, 2.75) is 53.5 Å². The SMILES string of the molecule is [C-]#[N+]/C(C#N)=C1\C(C(C)(C)C)=Cc2cc3c(cc21)C=C(C(C)(C)C)C3C(C#N)[N+]#[C-]. The predicted octanol–water partition coefficient (Wildman–Crippen LogP) is 6.62. The van der Waals surface area contributed by atoms with E-state index >= 15 is 0 Å². The first-order valence-electron chi connectivity index (χ1n) is 9.88. The number of hydrogen-bond donors (Lipinski definition) is 0. The fraction of sp³-hybridized carbons (Fsp3) is 0.385. The van der Waals surface area contributed by atoms with Gasteiger partial charge in [0.25, 0.3) is 5.70 Å². The van der Waals surface area contributed by atoms with Gasteiger partial charge in [0.1, 0.15) is 0 Å². The fourth-order valence-electron chi connectivity index (χ4n) is 4.36. The minimum absolute atomic E-state index is 0.0977. The Morgan fingerprint density at radius 3 is 2.13 bits per heavy atom. The highest BCUT2D eigenvalue weighted by Gasteiger charge is 2.42. The first-order valence-corrected chi connectivity index (χ1v) is 9.88. The maximum atomic E-state index is 9.64. The van der Waals surface area contributed by atoms with Crippen LogP contribution in [0.4, 0.5) is 0 Å². The van der Waals surface area contributed by atoms with E-state index in [1.165, 1.54) is 0 Å². The molecule has 0 bridgehead atoms. The van der Waals surface area contributed by atoms with Crippen LogP contribution in [0.3, 0.4) is 0 Å². The second-order valence-corrected chi connectivity index (χ2v) is 9.85. The number of nitrogens with zero attached hydrogens (tertiary/aromatic N) is 4. The molecule has 1 aromatic carbocycles. The molecule has 0 saturated carbocycles. The Kier molecular flexibility index (Phi) is 4.94. The van der Waals surface area contributed by atoms with Crippen LogP contribution in [-0.2, 0) is 0 Å². The van der Waals surface area contributed by atoms with Crippen molar-refractivity contribution < 1.29 is 0 Å². The first kappa shape index (κ1) is 21.1. The second kappa shape index (κ2) is 7.02. The van der Waals surface area contributed by atoms with Crippen LogP contribution in [0, 0.1) is 46.6 Å². The first-order chi connectivity index (χ1) is 14.0. The molecule has 4 nitrogen and oxygen atoms in total. The van der Waals surface area contributed by atoms with Crippen LogP contribution < -0.4 is 0 Å². The van der Waals surface area contributed by atoms with Crippen molar-refractivity contribution in [2.75, 3.05) is 0 Å². The average molecular weight is 393 g/mol. The van der Waals surface area contributed by atoms with Crippen LogP contribution in [0.15, 0.2) is 29.0 Å². The third kappa shape index (κ3) is 3.22. The summed E-state index contributed by atoms with van der Waals surface area (Å²) >= 11 is 0. The monoisotopic (exact) mass is 392 g/mol. The van der Waals surface area contributed by atoms with E-state index in [0.29, 0.717) is 5.57 Å². The van der Waals surface area contributed by atoms with Crippen LogP contribution >= 0.6 is 0 Å². The average Bonchev–Trinajstić information content (AvgIpc) is 3.21. The van der Waals surface area contributed by atoms with Crippen LogP contribution in [0.5, 0.6) is 0 Å². The molecule has 0 saturated heterocycles. The largest absolute Gasteiger partial charge is 0.317 e. The van der Waals surface area contributed by atoms with Gasteiger partial charge in [0.15, 0.2) is 6.07 Å². The van der Waals surface area contributed by atoms with Gasteiger partial charge in [-0.05, 0) is 56.4 Å². The van der Waals surface area contributed by atoms with E-state index in [9.17, 15) is 10.5 Å². The Bertz CT molecular complexity index is 1170. The molecule has 0 N–H and O–H groups in total. The molecule has 0 fully saturated rings. The summed E-state index contributed by atoms with van der Waals surface area (Å²) in [7, 11) is 0. The minimum Gasteiger partial charge on any atom is -0.296 e. The smallest absolute Gasteiger partial charge is 0.296 e. The van der Waals surface area contributed by atoms with Crippen LogP contribution in [-0.4, -0.2) is 6.04 Å². The maximum absolute atomic E-state index is 9.64. The summed E-state index contributed by atoms with van der Waals surface area (Å²) in [6.45, 7) is 27.6. The Balaban J connectivity index is 2.33. The molecular formula is C26H24N4. The number of hydrogen-bond acceptors (Lipinski definition) is 2. The third-order valence-corrected chi connectivity index (χ3v) is 5.79. The number of nitriles is 2. The Hall–Kier alpha value is -3.60. The molecule has 2 atom stereocenters. The Labute approximate surface area is 179 Å². The van der Waals surface area contributed by atoms with Crippen molar-refractivity contribution in [1.82, 2.24) is 0 Å². The van der Waals surface area contributed by atoms with Crippen molar-refractivity contribution in [3.8, 4) is 12.1 Å². The Morgan fingerprint density at radius 1 is 1.00 bits per heavy atom. The van der Waals surface area contributed by atoms with E-state index in [1.54, 1.807) is 0 Å². The molecule has 2 aliphatic rings. The maximum Gasteiger partial charge on any atom is 0.317 e. The van der Waals surface area contributed by atoms with Gasteiger partial charge in [0.05, 0.1) is 18.6 Å². The summed E-state index contributed by atoms with van der Waals surface area (Å²) < 4.78 is 0. The second-order valence-electron chi connectivity index (χ2n) is 9.85. The summed E-state index contributed by atoms with van der Waals surface area (Å²) in [6, 6.07) is 7.55. The molecule has 2 aliphatic carbocycles. The minimum atomic E-state index is -0.782. The fourth-order valence-corrected chi connectivity index (χ4v) is 4.36. The number of allylic oxidation sites excluding steroid dienone is 3. The Morgan fingerprint density at radius 2 is 1.67 bits per heavy atom. The lowest BCUT2D eigenvalue weighted by Gasteiger charge is -2.26. The van der Waals surface area contributed by atoms with Gasteiger partial charge in [-0.2, -0.15) is 5.26 Å². The van der Waals surface area contributed by atoms with Gasteiger partial charge in [-0.15, -0.1) is 0 Å². The number of rotatable bonds is 1. The molecule has 0 heterocycles. The predicted molar refractivity (Wildman–Crippen MR) is 119 cm³/mol. The zero-order valence-electron chi connectivity index (χ0n) is 18.3. The summed E-state index contributed by atoms with van der Waals surface area (Å²) in [4.78, 5) is 7.11. The van der Waals surface area contributed by atoms with Gasteiger partial charge in [-0.25, -0.2) is 16.7 Å². The van der Waals surface area contributed by atoms with Crippen LogP contribution in [0.25, 0.3) is 27.4 Å². The van der Waals surface area contributed by atoms with E-state index in [1.807, 2.05) is 6.07 Å². The number of fused-ring (bicyclic) bond motifs is 2. The van der Waals surface area contributed by atoms with E-state index in [-0.39, 0.29) is 22.4 Å². The molecule has 1 aromatic rings. The molecular weight excluding hydrogens is 368 g/mol. The highest BCUT2D eigenvalue weighted by atomic mass is 14.7. The van der Waals surface area contributed by atoms with Gasteiger partial charge in [0.2, 0.25) is 0 Å². The molecule has 4 heteroatoms. The van der Waals surface area contributed by atoms with Crippen molar-refractivity contribution in [3.05, 3.63) is 74.1 Å². The molecule has 0 aliphatic heterocycles. The molecule has 3 rings (SSSR count). The van der Waals surface area contributed by atoms with Crippen LogP contribution in [0.1, 0.15) is 69.7 Å². The molecule has 0 radical (unpaired) electrons.